The second kappa shape index (κ2) is 10.5. The zero-order valence-electron chi connectivity index (χ0n) is 22.7. The van der Waals surface area contributed by atoms with Crippen molar-refractivity contribution in [3.05, 3.63) is 85.1 Å². The smallest absolute Gasteiger partial charge is 0.415 e. The number of fused-ring (bicyclic) bond motifs is 3. The van der Waals surface area contributed by atoms with Crippen molar-refractivity contribution in [2.24, 2.45) is 5.41 Å². The van der Waals surface area contributed by atoms with Gasteiger partial charge in [-0.15, -0.1) is 0 Å². The Balaban J connectivity index is 0.990. The molecule has 3 aliphatic rings. The first-order chi connectivity index (χ1) is 20.5. The third-order valence-corrected chi connectivity index (χ3v) is 8.16. The minimum absolute atomic E-state index is 0.190. The molecule has 2 aliphatic heterocycles. The fourth-order valence-electron chi connectivity index (χ4n) is 5.64. The number of benzene rings is 3. The summed E-state index contributed by atoms with van der Waals surface area (Å²) in [5.41, 5.74) is 0.809. The minimum atomic E-state index is -1.06. The number of carbonyl (C=O) groups excluding carboxylic acids is 3. The molecule has 10 heteroatoms. The highest BCUT2D eigenvalue weighted by Crippen LogP contribution is 2.47. The van der Waals surface area contributed by atoms with Gasteiger partial charge in [0.1, 0.15) is 22.7 Å². The molecular weight excluding hydrogens is 534 g/mol. The van der Waals surface area contributed by atoms with Crippen LogP contribution in [0.2, 0.25) is 0 Å². The molecular formula is C32H29N5O5. The quantitative estimate of drug-likeness (QED) is 0.273. The van der Waals surface area contributed by atoms with E-state index in [4.69, 9.17) is 9.47 Å². The molecule has 3 aromatic carbocycles. The molecule has 2 saturated heterocycles. The van der Waals surface area contributed by atoms with Gasteiger partial charge in [-0.3, -0.25) is 14.6 Å². The van der Waals surface area contributed by atoms with Crippen LogP contribution in [0.25, 0.3) is 10.9 Å². The van der Waals surface area contributed by atoms with Crippen molar-refractivity contribution >= 4 is 40.2 Å². The minimum Gasteiger partial charge on any atom is -0.457 e. The van der Waals surface area contributed by atoms with E-state index in [1.807, 2.05) is 24.3 Å². The van der Waals surface area contributed by atoms with E-state index in [0.29, 0.717) is 59.6 Å². The van der Waals surface area contributed by atoms with E-state index in [0.717, 1.165) is 18.4 Å². The van der Waals surface area contributed by atoms with Gasteiger partial charge in [0.05, 0.1) is 5.52 Å². The molecule has 2 atom stereocenters. The lowest BCUT2D eigenvalue weighted by Gasteiger charge is -2.26. The predicted molar refractivity (Wildman–Crippen MR) is 157 cm³/mol. The number of nitrogens with one attached hydrogen (secondary N) is 3. The number of hydrogen-bond donors (Lipinski definition) is 3. The summed E-state index contributed by atoms with van der Waals surface area (Å²) < 4.78 is 11.8. The molecule has 4 aromatic rings. The summed E-state index contributed by atoms with van der Waals surface area (Å²) in [5, 5.41) is 9.85. The fourth-order valence-corrected chi connectivity index (χ4v) is 5.64. The van der Waals surface area contributed by atoms with Gasteiger partial charge in [-0.1, -0.05) is 18.2 Å². The van der Waals surface area contributed by atoms with Crippen LogP contribution in [0, 0.1) is 5.41 Å². The van der Waals surface area contributed by atoms with Gasteiger partial charge < -0.3 is 30.3 Å². The van der Waals surface area contributed by atoms with Crippen molar-refractivity contribution in [3.8, 4) is 17.2 Å². The SMILES string of the molecule is O=C(Oc1ccc2c(Oc3ccc(NC(=O)C4(C(=O)Nc5ccccc5)CC4)cc3)ccnc2c1)N1C[C@H]2C[C@@H]1CN2. The topological polar surface area (TPSA) is 122 Å². The Hall–Kier alpha value is -4.96. The van der Waals surface area contributed by atoms with Crippen molar-refractivity contribution in [3.63, 3.8) is 0 Å². The number of nitrogens with zero attached hydrogens (tertiary/aromatic N) is 2. The highest BCUT2D eigenvalue weighted by atomic mass is 16.6. The van der Waals surface area contributed by atoms with Crippen molar-refractivity contribution in [1.29, 1.82) is 0 Å². The van der Waals surface area contributed by atoms with Gasteiger partial charge in [-0.05, 0) is 73.9 Å². The zero-order chi connectivity index (χ0) is 28.7. The molecule has 0 unspecified atom stereocenters. The van der Waals surface area contributed by atoms with Crippen LogP contribution in [0.4, 0.5) is 16.2 Å². The molecule has 3 heterocycles. The molecule has 42 heavy (non-hydrogen) atoms. The summed E-state index contributed by atoms with van der Waals surface area (Å²) in [5.74, 6) is 0.965. The number of rotatable bonds is 7. The predicted octanol–water partition coefficient (Wildman–Crippen LogP) is 4.93. The lowest BCUT2D eigenvalue weighted by Crippen LogP contribution is -2.47. The molecule has 3 N–H and O–H groups in total. The number of hydrogen-bond acceptors (Lipinski definition) is 7. The van der Waals surface area contributed by atoms with Gasteiger partial charge >= 0.3 is 6.09 Å². The summed E-state index contributed by atoms with van der Waals surface area (Å²) in [7, 11) is 0. The Bertz CT molecular complexity index is 1670. The fraction of sp³-hybridized carbons (Fsp3) is 0.250. The highest BCUT2D eigenvalue weighted by molar-refractivity contribution is 6.16. The molecule has 1 aliphatic carbocycles. The molecule has 0 spiro atoms. The van der Waals surface area contributed by atoms with Crippen molar-refractivity contribution < 1.29 is 23.9 Å². The zero-order valence-corrected chi connectivity index (χ0v) is 22.7. The first-order valence-corrected chi connectivity index (χ1v) is 14.0. The van der Waals surface area contributed by atoms with E-state index in [2.05, 4.69) is 20.9 Å². The third kappa shape index (κ3) is 5.01. The number of pyridine rings is 1. The maximum absolute atomic E-state index is 13.0. The number of carbonyl (C=O) groups is 3. The molecule has 1 aromatic heterocycles. The number of para-hydroxylation sites is 1. The average molecular weight is 564 g/mol. The van der Waals surface area contributed by atoms with Crippen molar-refractivity contribution in [2.75, 3.05) is 23.7 Å². The van der Waals surface area contributed by atoms with Gasteiger partial charge in [0.2, 0.25) is 11.8 Å². The maximum Gasteiger partial charge on any atom is 0.415 e. The van der Waals surface area contributed by atoms with Gasteiger partial charge in [-0.2, -0.15) is 0 Å². The number of anilines is 2. The number of likely N-dealkylation sites (tertiary alicyclic amines) is 1. The van der Waals surface area contributed by atoms with Gasteiger partial charge in [0.25, 0.3) is 0 Å². The van der Waals surface area contributed by atoms with Crippen LogP contribution in [0.15, 0.2) is 85.1 Å². The number of ether oxygens (including phenoxy) is 2. The summed E-state index contributed by atoms with van der Waals surface area (Å²) in [6.07, 6.45) is 3.28. The Morgan fingerprint density at radius 1 is 0.881 bits per heavy atom. The van der Waals surface area contributed by atoms with Crippen LogP contribution >= 0.6 is 0 Å². The van der Waals surface area contributed by atoms with Gasteiger partial charge in [0, 0.05) is 54.2 Å². The van der Waals surface area contributed by atoms with Gasteiger partial charge in [0.15, 0.2) is 0 Å². The van der Waals surface area contributed by atoms with E-state index in [-0.39, 0.29) is 23.9 Å². The molecule has 0 radical (unpaired) electrons. The molecule has 7 rings (SSSR count). The summed E-state index contributed by atoms with van der Waals surface area (Å²) in [6, 6.07) is 23.7. The second-order valence-electron chi connectivity index (χ2n) is 11.0. The Kier molecular flexibility index (Phi) is 6.47. The van der Waals surface area contributed by atoms with Crippen LogP contribution < -0.4 is 25.4 Å². The lowest BCUT2D eigenvalue weighted by molar-refractivity contribution is -0.131. The number of amides is 3. The monoisotopic (exact) mass is 563 g/mol. The Morgan fingerprint density at radius 2 is 1.60 bits per heavy atom. The van der Waals surface area contributed by atoms with Crippen LogP contribution in [0.3, 0.4) is 0 Å². The maximum atomic E-state index is 13.0. The first kappa shape index (κ1) is 26.0. The summed E-state index contributed by atoms with van der Waals surface area (Å²) in [6.45, 7) is 1.47. The third-order valence-electron chi connectivity index (χ3n) is 8.16. The van der Waals surface area contributed by atoms with E-state index in [1.54, 1.807) is 65.7 Å². The molecule has 3 fully saturated rings. The highest BCUT2D eigenvalue weighted by Gasteiger charge is 2.56. The summed E-state index contributed by atoms with van der Waals surface area (Å²) in [4.78, 5) is 44.7. The molecule has 212 valence electrons. The van der Waals surface area contributed by atoms with E-state index in [9.17, 15) is 14.4 Å². The molecule has 2 bridgehead atoms. The summed E-state index contributed by atoms with van der Waals surface area (Å²) >= 11 is 0. The Labute approximate surface area is 242 Å². The van der Waals surface area contributed by atoms with Crippen molar-refractivity contribution in [2.45, 2.75) is 31.3 Å². The normalized spacial score (nSPS) is 19.8. The van der Waals surface area contributed by atoms with Crippen LogP contribution in [0.1, 0.15) is 19.3 Å². The Morgan fingerprint density at radius 3 is 2.26 bits per heavy atom. The van der Waals surface area contributed by atoms with Crippen LogP contribution in [-0.2, 0) is 9.59 Å². The van der Waals surface area contributed by atoms with E-state index < -0.39 is 5.41 Å². The number of aromatic nitrogens is 1. The van der Waals surface area contributed by atoms with Crippen LogP contribution in [-0.4, -0.2) is 53.0 Å². The number of piperazine rings is 1. The first-order valence-electron chi connectivity index (χ1n) is 14.0. The van der Waals surface area contributed by atoms with Gasteiger partial charge in [-0.25, -0.2) is 4.79 Å². The van der Waals surface area contributed by atoms with Crippen molar-refractivity contribution in [1.82, 2.24) is 15.2 Å². The standard InChI is InChI=1S/C32H29N5O5/c38-29(35-20-4-2-1-3-5-20)32(13-14-32)30(39)36-21-6-8-24(9-7-21)41-28-12-15-33-27-17-25(10-11-26(27)28)42-31(40)37-19-22-16-23(37)18-34-22/h1-12,15,17,22-23,34H,13-14,16,18-19H2,(H,35,38)(H,36,39)/t22-,23-/m1/s1. The van der Waals surface area contributed by atoms with E-state index in [1.165, 1.54) is 0 Å². The lowest BCUT2D eigenvalue weighted by atomic mass is 10.0. The molecule has 10 nitrogen and oxygen atoms in total. The molecule has 1 saturated carbocycles. The second-order valence-corrected chi connectivity index (χ2v) is 11.0. The molecule has 3 amide bonds. The van der Waals surface area contributed by atoms with E-state index >= 15 is 0 Å². The average Bonchev–Trinajstić information content (AvgIpc) is 3.55. The van der Waals surface area contributed by atoms with Crippen LogP contribution in [0.5, 0.6) is 17.2 Å². The largest absolute Gasteiger partial charge is 0.457 e.